The van der Waals surface area contributed by atoms with Crippen molar-refractivity contribution in [3.8, 4) is 0 Å². The van der Waals surface area contributed by atoms with Gasteiger partial charge in [-0.2, -0.15) is 0 Å². The van der Waals surface area contributed by atoms with Crippen molar-refractivity contribution in [1.82, 2.24) is 0 Å². The lowest BCUT2D eigenvalue weighted by Crippen LogP contribution is -2.38. The molecule has 0 fully saturated rings. The number of benzene rings is 1. The smallest absolute Gasteiger partial charge is 0.146 e. The van der Waals surface area contributed by atoms with E-state index >= 15 is 0 Å². The normalized spacial score (nSPS) is 11.6. The van der Waals surface area contributed by atoms with Crippen LogP contribution >= 0.6 is 0 Å². The molecule has 0 saturated heterocycles. The van der Waals surface area contributed by atoms with Crippen LogP contribution in [0.3, 0.4) is 0 Å². The largest absolute Gasteiger partial charge is 0.396 e. The number of nitrogens with zero attached hydrogens (tertiary/aromatic N) is 1. The second-order valence-electron chi connectivity index (χ2n) is 4.67. The maximum absolute atomic E-state index is 13.6. The number of halogens is 1. The summed E-state index contributed by atoms with van der Waals surface area (Å²) >= 11 is 0. The van der Waals surface area contributed by atoms with Crippen molar-refractivity contribution >= 4 is 5.69 Å². The molecule has 0 bridgehead atoms. The Labute approximate surface area is 103 Å². The van der Waals surface area contributed by atoms with E-state index in [0.29, 0.717) is 12.2 Å². The summed E-state index contributed by atoms with van der Waals surface area (Å²) in [5.41, 5.74) is 0.448. The molecular weight excluding hydrogens is 217 g/mol. The van der Waals surface area contributed by atoms with Crippen LogP contribution in [0, 0.1) is 11.2 Å². The van der Waals surface area contributed by atoms with Crippen LogP contribution in [0.1, 0.15) is 26.7 Å². The highest BCUT2D eigenvalue weighted by molar-refractivity contribution is 5.46. The monoisotopic (exact) mass is 239 g/mol. The first-order valence-electron chi connectivity index (χ1n) is 6.15. The van der Waals surface area contributed by atoms with Crippen molar-refractivity contribution in [2.24, 2.45) is 5.41 Å². The van der Waals surface area contributed by atoms with Crippen LogP contribution in [0.4, 0.5) is 10.1 Å². The molecule has 3 heteroatoms. The maximum Gasteiger partial charge on any atom is 0.146 e. The van der Waals surface area contributed by atoms with Gasteiger partial charge in [-0.15, -0.1) is 0 Å². The molecule has 0 radical (unpaired) electrons. The van der Waals surface area contributed by atoms with Crippen molar-refractivity contribution in [3.05, 3.63) is 30.1 Å². The predicted octanol–water partition coefficient (Wildman–Crippen LogP) is 3.06. The third-order valence-electron chi connectivity index (χ3n) is 3.67. The van der Waals surface area contributed by atoms with Crippen LogP contribution in [-0.2, 0) is 0 Å². The van der Waals surface area contributed by atoms with E-state index in [1.54, 1.807) is 12.1 Å². The number of hydrogen-bond donors (Lipinski definition) is 1. The third-order valence-corrected chi connectivity index (χ3v) is 3.67. The van der Waals surface area contributed by atoms with Crippen LogP contribution in [-0.4, -0.2) is 25.3 Å². The first-order valence-corrected chi connectivity index (χ1v) is 6.15. The predicted molar refractivity (Wildman–Crippen MR) is 69.8 cm³/mol. The summed E-state index contributed by atoms with van der Waals surface area (Å²) in [5, 5.41) is 9.52. The molecule has 0 aliphatic rings. The van der Waals surface area contributed by atoms with Crippen LogP contribution in [0.25, 0.3) is 0 Å². The van der Waals surface area contributed by atoms with Gasteiger partial charge in [0.2, 0.25) is 0 Å². The van der Waals surface area contributed by atoms with E-state index in [-0.39, 0.29) is 17.8 Å². The van der Waals surface area contributed by atoms with Crippen molar-refractivity contribution in [2.45, 2.75) is 26.7 Å². The van der Waals surface area contributed by atoms with Crippen LogP contribution in [0.5, 0.6) is 0 Å². The molecule has 0 heterocycles. The van der Waals surface area contributed by atoms with Crippen LogP contribution in [0.2, 0.25) is 0 Å². The summed E-state index contributed by atoms with van der Waals surface area (Å²) in [7, 11) is 1.87. The van der Waals surface area contributed by atoms with Gasteiger partial charge in [0, 0.05) is 19.0 Å². The zero-order chi connectivity index (χ0) is 12.9. The summed E-state index contributed by atoms with van der Waals surface area (Å²) < 4.78 is 13.6. The molecule has 0 aliphatic carbocycles. The standard InChI is InChI=1S/C14H22FNO/c1-4-14(5-2,11-17)10-16(3)13-9-7-6-8-12(13)15/h6-9,17H,4-5,10-11H2,1-3H3. The molecule has 0 aliphatic heterocycles. The van der Waals surface area contributed by atoms with Crippen LogP contribution in [0.15, 0.2) is 24.3 Å². The number of rotatable bonds is 6. The Hall–Kier alpha value is -1.09. The molecule has 2 nitrogen and oxygen atoms in total. The maximum atomic E-state index is 13.6. The number of para-hydroxylation sites is 1. The molecule has 0 aromatic heterocycles. The molecule has 0 saturated carbocycles. The van der Waals surface area contributed by atoms with E-state index in [1.807, 2.05) is 18.0 Å². The molecule has 1 aromatic carbocycles. The summed E-state index contributed by atoms with van der Waals surface area (Å²) in [6.45, 7) is 4.93. The van der Waals surface area contributed by atoms with E-state index in [2.05, 4.69) is 13.8 Å². The Morgan fingerprint density at radius 1 is 1.24 bits per heavy atom. The molecule has 17 heavy (non-hydrogen) atoms. The highest BCUT2D eigenvalue weighted by atomic mass is 19.1. The Kier molecular flexibility index (Phi) is 4.94. The summed E-state index contributed by atoms with van der Waals surface area (Å²) in [6, 6.07) is 6.74. The van der Waals surface area contributed by atoms with E-state index in [0.717, 1.165) is 12.8 Å². The first kappa shape index (κ1) is 14.0. The minimum absolute atomic E-state index is 0.138. The Morgan fingerprint density at radius 2 is 1.82 bits per heavy atom. The highest BCUT2D eigenvalue weighted by Gasteiger charge is 2.27. The third kappa shape index (κ3) is 3.19. The fourth-order valence-corrected chi connectivity index (χ4v) is 2.10. The second kappa shape index (κ2) is 6.01. The lowest BCUT2D eigenvalue weighted by atomic mass is 9.82. The van der Waals surface area contributed by atoms with Crippen molar-refractivity contribution in [1.29, 1.82) is 0 Å². The van der Waals surface area contributed by atoms with E-state index in [9.17, 15) is 9.50 Å². The zero-order valence-electron chi connectivity index (χ0n) is 10.9. The molecular formula is C14H22FNO. The quantitative estimate of drug-likeness (QED) is 0.824. The minimum atomic E-state index is -0.214. The van der Waals surface area contributed by atoms with Crippen molar-refractivity contribution in [2.75, 3.05) is 25.1 Å². The van der Waals surface area contributed by atoms with Crippen molar-refractivity contribution < 1.29 is 9.50 Å². The fraction of sp³-hybridized carbons (Fsp3) is 0.571. The van der Waals surface area contributed by atoms with Gasteiger partial charge in [-0.25, -0.2) is 4.39 Å². The lowest BCUT2D eigenvalue weighted by Gasteiger charge is -2.35. The van der Waals surface area contributed by atoms with E-state index < -0.39 is 0 Å². The fourth-order valence-electron chi connectivity index (χ4n) is 2.10. The molecule has 1 aromatic rings. The van der Waals surface area contributed by atoms with Gasteiger partial charge in [0.15, 0.2) is 0 Å². The van der Waals surface area contributed by atoms with Crippen molar-refractivity contribution in [3.63, 3.8) is 0 Å². The topological polar surface area (TPSA) is 23.5 Å². The second-order valence-corrected chi connectivity index (χ2v) is 4.67. The Balaban J connectivity index is 2.84. The Morgan fingerprint density at radius 3 is 2.29 bits per heavy atom. The van der Waals surface area contributed by atoms with Gasteiger partial charge in [0.1, 0.15) is 5.82 Å². The average Bonchev–Trinajstić information content (AvgIpc) is 2.36. The summed E-state index contributed by atoms with van der Waals surface area (Å²) in [4.78, 5) is 1.89. The number of aliphatic hydroxyl groups is 1. The van der Waals surface area contributed by atoms with Gasteiger partial charge in [-0.3, -0.25) is 0 Å². The van der Waals surface area contributed by atoms with Gasteiger partial charge in [-0.1, -0.05) is 26.0 Å². The van der Waals surface area contributed by atoms with Gasteiger partial charge in [-0.05, 0) is 25.0 Å². The molecule has 0 atom stereocenters. The van der Waals surface area contributed by atoms with Gasteiger partial charge in [0.25, 0.3) is 0 Å². The van der Waals surface area contributed by atoms with Crippen LogP contribution < -0.4 is 4.90 Å². The van der Waals surface area contributed by atoms with E-state index in [4.69, 9.17) is 0 Å². The summed E-state index contributed by atoms with van der Waals surface area (Å²) in [6.07, 6.45) is 1.78. The average molecular weight is 239 g/mol. The molecule has 0 unspecified atom stereocenters. The van der Waals surface area contributed by atoms with Gasteiger partial charge >= 0.3 is 0 Å². The minimum Gasteiger partial charge on any atom is -0.396 e. The van der Waals surface area contributed by atoms with E-state index in [1.165, 1.54) is 6.07 Å². The number of hydrogen-bond acceptors (Lipinski definition) is 2. The molecule has 1 N–H and O–H groups in total. The highest BCUT2D eigenvalue weighted by Crippen LogP contribution is 2.29. The van der Waals surface area contributed by atoms with Gasteiger partial charge < -0.3 is 10.0 Å². The molecule has 1 rings (SSSR count). The SMILES string of the molecule is CCC(CC)(CO)CN(C)c1ccccc1F. The summed E-state index contributed by atoms with van der Waals surface area (Å²) in [5.74, 6) is -0.214. The number of anilines is 1. The zero-order valence-corrected chi connectivity index (χ0v) is 10.9. The first-order chi connectivity index (χ1) is 8.08. The Bertz CT molecular complexity index is 342. The molecule has 0 spiro atoms. The lowest BCUT2D eigenvalue weighted by molar-refractivity contribution is 0.121. The molecule has 0 amide bonds. The molecule has 96 valence electrons. The van der Waals surface area contributed by atoms with Gasteiger partial charge in [0.05, 0.1) is 12.3 Å². The number of aliphatic hydroxyl groups excluding tert-OH is 1.